The van der Waals surface area contributed by atoms with Crippen molar-refractivity contribution in [3.63, 3.8) is 0 Å². The summed E-state index contributed by atoms with van der Waals surface area (Å²) < 4.78 is 41.3. The third-order valence-electron chi connectivity index (χ3n) is 5.18. The molecule has 204 valence electrons. The predicted molar refractivity (Wildman–Crippen MR) is 157 cm³/mol. The first-order valence-electron chi connectivity index (χ1n) is 12.3. The minimum absolute atomic E-state index is 0.147. The van der Waals surface area contributed by atoms with Crippen LogP contribution in [-0.2, 0) is 14.8 Å². The number of carbonyl (C=O) groups is 1. The van der Waals surface area contributed by atoms with Crippen molar-refractivity contribution in [1.29, 1.82) is 0 Å². The monoisotopic (exact) mass is 539 g/mol. The van der Waals surface area contributed by atoms with Crippen LogP contribution >= 0.6 is 0 Å². The third-order valence-corrected chi connectivity index (χ3v) is 6.54. The van der Waals surface area contributed by atoms with Crippen molar-refractivity contribution in [3.8, 4) is 11.1 Å². The molecule has 3 rings (SSSR count). The van der Waals surface area contributed by atoms with Gasteiger partial charge in [0, 0.05) is 18.4 Å². The minimum atomic E-state index is -3.75. The molecular formula is C30H38FN3O3S. The Labute approximate surface area is 226 Å². The van der Waals surface area contributed by atoms with Crippen LogP contribution in [0.3, 0.4) is 0 Å². The van der Waals surface area contributed by atoms with E-state index in [-0.39, 0.29) is 10.7 Å². The van der Waals surface area contributed by atoms with Crippen LogP contribution < -0.4 is 15.4 Å². The number of allylic oxidation sites excluding steroid dienone is 3. The average molecular weight is 540 g/mol. The fraction of sp³-hybridized carbons (Fsp3) is 0.233. The summed E-state index contributed by atoms with van der Waals surface area (Å²) in [6.07, 6.45) is 4.44. The number of hydrogen-bond donors (Lipinski definition) is 3. The van der Waals surface area contributed by atoms with E-state index in [1.807, 2.05) is 65.8 Å². The van der Waals surface area contributed by atoms with Crippen LogP contribution in [-0.4, -0.2) is 21.9 Å². The van der Waals surface area contributed by atoms with Gasteiger partial charge in [-0.15, -0.1) is 0 Å². The van der Waals surface area contributed by atoms with E-state index in [1.54, 1.807) is 43.4 Å². The van der Waals surface area contributed by atoms with E-state index in [2.05, 4.69) is 15.4 Å². The van der Waals surface area contributed by atoms with Gasteiger partial charge in [0.25, 0.3) is 10.0 Å². The van der Waals surface area contributed by atoms with Crippen molar-refractivity contribution in [2.75, 3.05) is 17.1 Å². The Morgan fingerprint density at radius 3 is 2.13 bits per heavy atom. The molecule has 3 N–H and O–H groups in total. The summed E-state index contributed by atoms with van der Waals surface area (Å²) in [6, 6.07) is 18.0. The van der Waals surface area contributed by atoms with Crippen molar-refractivity contribution in [3.05, 3.63) is 102 Å². The van der Waals surface area contributed by atoms with Gasteiger partial charge >= 0.3 is 0 Å². The predicted octanol–water partition coefficient (Wildman–Crippen LogP) is 7.27. The van der Waals surface area contributed by atoms with E-state index in [1.165, 1.54) is 18.2 Å². The molecule has 3 aromatic rings. The number of halogens is 1. The summed E-state index contributed by atoms with van der Waals surface area (Å²) in [5.41, 5.74) is 5.58. The molecule has 0 saturated carbocycles. The van der Waals surface area contributed by atoms with Gasteiger partial charge in [0.15, 0.2) is 0 Å². The number of benzene rings is 3. The van der Waals surface area contributed by atoms with E-state index in [4.69, 9.17) is 0 Å². The highest BCUT2D eigenvalue weighted by atomic mass is 32.2. The smallest absolute Gasteiger partial charge is 0.261 e. The van der Waals surface area contributed by atoms with Gasteiger partial charge in [-0.3, -0.25) is 9.52 Å². The molecule has 1 amide bonds. The molecule has 0 aliphatic heterocycles. The molecule has 0 aliphatic rings. The summed E-state index contributed by atoms with van der Waals surface area (Å²) in [5, 5.41) is 5.59. The van der Waals surface area contributed by atoms with Gasteiger partial charge < -0.3 is 10.6 Å². The standard InChI is InChI=1S/C20H19FN2O2S.C8H13NO.C2H6/c1-14-6-11-18(22-2)13-20(14)23-26(24,25)19-5-3-4-16(12-19)15-7-9-17(21)10-8-15;1-4-5-8(7(2)3)9-6-10;1-2/h3-13,22-23H,1-2H3;4-6H,1-3H3,(H,9,10);1-2H3/b;5-4-;. The van der Waals surface area contributed by atoms with Crippen LogP contribution in [0.15, 0.2) is 95.0 Å². The highest BCUT2D eigenvalue weighted by molar-refractivity contribution is 7.92. The van der Waals surface area contributed by atoms with Crippen LogP contribution in [0, 0.1) is 12.7 Å². The Kier molecular flexibility index (Phi) is 13.6. The maximum Gasteiger partial charge on any atom is 0.261 e. The van der Waals surface area contributed by atoms with Gasteiger partial charge in [0.2, 0.25) is 6.41 Å². The van der Waals surface area contributed by atoms with Crippen LogP contribution in [0.1, 0.15) is 40.2 Å². The second kappa shape index (κ2) is 16.0. The first-order chi connectivity index (χ1) is 18.1. The summed E-state index contributed by atoms with van der Waals surface area (Å²) in [4.78, 5) is 10.2. The minimum Gasteiger partial charge on any atom is -0.388 e. The van der Waals surface area contributed by atoms with Gasteiger partial charge in [-0.1, -0.05) is 55.8 Å². The Morgan fingerprint density at radius 2 is 1.58 bits per heavy atom. The molecule has 0 radical (unpaired) electrons. The van der Waals surface area contributed by atoms with Gasteiger partial charge in [-0.2, -0.15) is 0 Å². The average Bonchev–Trinajstić information content (AvgIpc) is 2.91. The van der Waals surface area contributed by atoms with E-state index >= 15 is 0 Å². The molecule has 0 heterocycles. The molecule has 0 aliphatic carbocycles. The van der Waals surface area contributed by atoms with E-state index < -0.39 is 10.0 Å². The second-order valence-electron chi connectivity index (χ2n) is 8.10. The number of carbonyl (C=O) groups excluding carboxylic acids is 1. The van der Waals surface area contributed by atoms with E-state index in [9.17, 15) is 17.6 Å². The van der Waals surface area contributed by atoms with Gasteiger partial charge in [0.1, 0.15) is 5.82 Å². The first kappa shape index (κ1) is 32.1. The SMILES string of the molecule is C/C=C\C(NC=O)=C(C)C.CC.CNc1ccc(C)c(NS(=O)(=O)c2cccc(-c3ccc(F)cc3)c2)c1. The quantitative estimate of drug-likeness (QED) is 0.207. The molecule has 0 unspecified atom stereocenters. The highest BCUT2D eigenvalue weighted by Crippen LogP contribution is 2.26. The molecule has 0 bridgehead atoms. The molecule has 0 spiro atoms. The second-order valence-corrected chi connectivity index (χ2v) is 9.78. The molecule has 0 atom stereocenters. The Bertz CT molecular complexity index is 1350. The molecule has 6 nitrogen and oxygen atoms in total. The molecule has 0 fully saturated rings. The Balaban J connectivity index is 0.000000510. The fourth-order valence-corrected chi connectivity index (χ4v) is 4.33. The maximum atomic E-state index is 13.1. The van der Waals surface area contributed by atoms with E-state index in [0.29, 0.717) is 17.7 Å². The van der Waals surface area contributed by atoms with Crippen molar-refractivity contribution < 1.29 is 17.6 Å². The number of aryl methyl sites for hydroxylation is 1. The Morgan fingerprint density at radius 1 is 0.921 bits per heavy atom. The largest absolute Gasteiger partial charge is 0.388 e. The number of hydrogen-bond acceptors (Lipinski definition) is 4. The first-order valence-corrected chi connectivity index (χ1v) is 13.8. The van der Waals surface area contributed by atoms with Crippen LogP contribution in [0.5, 0.6) is 0 Å². The number of anilines is 2. The lowest BCUT2D eigenvalue weighted by atomic mass is 10.1. The summed E-state index contributed by atoms with van der Waals surface area (Å²) in [6.45, 7) is 11.7. The lowest BCUT2D eigenvalue weighted by molar-refractivity contribution is -0.108. The third kappa shape index (κ3) is 9.86. The lowest BCUT2D eigenvalue weighted by Crippen LogP contribution is -2.14. The summed E-state index contributed by atoms with van der Waals surface area (Å²) in [7, 11) is -1.98. The number of sulfonamides is 1. The molecule has 0 saturated heterocycles. The zero-order chi connectivity index (χ0) is 28.7. The summed E-state index contributed by atoms with van der Waals surface area (Å²) >= 11 is 0. The normalized spacial score (nSPS) is 10.3. The number of rotatable bonds is 8. The molecule has 8 heteroatoms. The molecule has 38 heavy (non-hydrogen) atoms. The number of amides is 1. The Hall–Kier alpha value is -3.91. The van der Waals surface area contributed by atoms with Crippen molar-refractivity contribution in [2.45, 2.75) is 46.4 Å². The van der Waals surface area contributed by atoms with Crippen LogP contribution in [0.2, 0.25) is 0 Å². The van der Waals surface area contributed by atoms with Crippen molar-refractivity contribution in [2.24, 2.45) is 0 Å². The fourth-order valence-electron chi connectivity index (χ4n) is 3.17. The molecular weight excluding hydrogens is 501 g/mol. The van der Waals surface area contributed by atoms with Crippen molar-refractivity contribution >= 4 is 27.8 Å². The van der Waals surface area contributed by atoms with Crippen LogP contribution in [0.4, 0.5) is 15.8 Å². The molecule has 3 aromatic carbocycles. The zero-order valence-corrected chi connectivity index (χ0v) is 23.9. The van der Waals surface area contributed by atoms with Gasteiger partial charge in [-0.05, 0) is 86.9 Å². The maximum absolute atomic E-state index is 13.1. The van der Waals surface area contributed by atoms with E-state index in [0.717, 1.165) is 28.1 Å². The van der Waals surface area contributed by atoms with Crippen LogP contribution in [0.25, 0.3) is 11.1 Å². The summed E-state index contributed by atoms with van der Waals surface area (Å²) in [5.74, 6) is -0.334. The molecule has 0 aromatic heterocycles. The van der Waals surface area contributed by atoms with Crippen molar-refractivity contribution in [1.82, 2.24) is 5.32 Å². The zero-order valence-electron chi connectivity index (χ0n) is 23.1. The number of nitrogens with one attached hydrogen (secondary N) is 3. The lowest BCUT2D eigenvalue weighted by Gasteiger charge is -2.13. The van der Waals surface area contributed by atoms with Gasteiger partial charge in [-0.25, -0.2) is 12.8 Å². The van der Waals surface area contributed by atoms with Gasteiger partial charge in [0.05, 0.1) is 10.6 Å². The highest BCUT2D eigenvalue weighted by Gasteiger charge is 2.16. The topological polar surface area (TPSA) is 87.3 Å².